The molecule has 0 spiro atoms. The first-order chi connectivity index (χ1) is 9.09. The van der Waals surface area contributed by atoms with Crippen LogP contribution in [0.2, 0.25) is 0 Å². The molecule has 0 fully saturated rings. The lowest BCUT2D eigenvalue weighted by Gasteiger charge is -2.20. The van der Waals surface area contributed by atoms with Crippen molar-refractivity contribution in [3.05, 3.63) is 71.3 Å². The molecule has 100 valence electrons. The predicted octanol–water partition coefficient (Wildman–Crippen LogP) is 4.80. The summed E-state index contributed by atoms with van der Waals surface area (Å²) in [6.07, 6.45) is -0.869. The van der Waals surface area contributed by atoms with E-state index in [1.165, 1.54) is 12.1 Å². The molecule has 0 aromatic heterocycles. The molecule has 0 aliphatic carbocycles. The zero-order chi connectivity index (χ0) is 13.8. The molecular formula is C16H16F2O. The highest BCUT2D eigenvalue weighted by atomic mass is 19.1. The second-order valence-corrected chi connectivity index (χ2v) is 4.46. The Morgan fingerprint density at radius 2 is 1.11 bits per heavy atom. The predicted molar refractivity (Wildman–Crippen MR) is 70.7 cm³/mol. The molecule has 1 nitrogen and oxygen atoms in total. The van der Waals surface area contributed by atoms with Crippen LogP contribution in [0, 0.1) is 11.6 Å². The van der Waals surface area contributed by atoms with Gasteiger partial charge < -0.3 is 4.74 Å². The Bertz CT molecular complexity index is 504. The van der Waals surface area contributed by atoms with Gasteiger partial charge in [-0.1, -0.05) is 36.4 Å². The lowest BCUT2D eigenvalue weighted by Crippen LogP contribution is -2.08. The standard InChI is InChI=1S/C16H16F2O/c1-11(13-7-3-5-9-15(13)17)19-12(2)14-8-4-6-10-16(14)18/h3-12H,1-2H3/t11-,12-/m0/s1. The molecule has 0 heterocycles. The molecule has 0 aliphatic rings. The van der Waals surface area contributed by atoms with Crippen LogP contribution in [-0.4, -0.2) is 0 Å². The van der Waals surface area contributed by atoms with E-state index in [1.807, 2.05) is 0 Å². The summed E-state index contributed by atoms with van der Waals surface area (Å²) in [4.78, 5) is 0. The molecule has 3 heteroatoms. The number of benzene rings is 2. The minimum atomic E-state index is -0.434. The minimum absolute atomic E-state index is 0.310. The lowest BCUT2D eigenvalue weighted by atomic mass is 10.1. The smallest absolute Gasteiger partial charge is 0.128 e. The summed E-state index contributed by atoms with van der Waals surface area (Å²) >= 11 is 0. The summed E-state index contributed by atoms with van der Waals surface area (Å²) in [5.74, 6) is -0.619. The third-order valence-electron chi connectivity index (χ3n) is 3.09. The van der Waals surface area contributed by atoms with E-state index >= 15 is 0 Å². The molecule has 0 amide bonds. The van der Waals surface area contributed by atoms with E-state index in [-0.39, 0.29) is 11.6 Å². The zero-order valence-corrected chi connectivity index (χ0v) is 10.9. The monoisotopic (exact) mass is 262 g/mol. The molecular weight excluding hydrogens is 246 g/mol. The van der Waals surface area contributed by atoms with E-state index in [2.05, 4.69) is 0 Å². The Kier molecular flexibility index (Phi) is 4.27. The first kappa shape index (κ1) is 13.7. The summed E-state index contributed by atoms with van der Waals surface area (Å²) in [7, 11) is 0. The van der Waals surface area contributed by atoms with E-state index in [0.717, 1.165) is 0 Å². The topological polar surface area (TPSA) is 9.23 Å². The first-order valence-corrected chi connectivity index (χ1v) is 6.24. The highest BCUT2D eigenvalue weighted by Gasteiger charge is 2.17. The van der Waals surface area contributed by atoms with Gasteiger partial charge in [-0.2, -0.15) is 0 Å². The van der Waals surface area contributed by atoms with Gasteiger partial charge in [0.25, 0.3) is 0 Å². The van der Waals surface area contributed by atoms with Gasteiger partial charge in [-0.3, -0.25) is 0 Å². The molecule has 0 unspecified atom stereocenters. The van der Waals surface area contributed by atoms with Crippen molar-refractivity contribution in [1.29, 1.82) is 0 Å². The molecule has 2 aromatic rings. The Morgan fingerprint density at radius 1 is 0.737 bits per heavy atom. The van der Waals surface area contributed by atoms with E-state index < -0.39 is 12.2 Å². The average molecular weight is 262 g/mol. The van der Waals surface area contributed by atoms with Crippen LogP contribution >= 0.6 is 0 Å². The second kappa shape index (κ2) is 5.93. The van der Waals surface area contributed by atoms with Crippen molar-refractivity contribution in [2.75, 3.05) is 0 Å². The zero-order valence-electron chi connectivity index (χ0n) is 10.9. The summed E-state index contributed by atoms with van der Waals surface area (Å²) < 4.78 is 32.9. The summed E-state index contributed by atoms with van der Waals surface area (Å²) in [6, 6.07) is 12.9. The molecule has 0 radical (unpaired) electrons. The minimum Gasteiger partial charge on any atom is -0.366 e. The maximum Gasteiger partial charge on any atom is 0.128 e. The SMILES string of the molecule is C[C@H](O[C@@H](C)c1ccccc1F)c1ccccc1F. The van der Waals surface area contributed by atoms with Crippen molar-refractivity contribution in [3.63, 3.8) is 0 Å². The summed E-state index contributed by atoms with van der Waals surface area (Å²) in [5.41, 5.74) is 0.955. The highest BCUT2D eigenvalue weighted by molar-refractivity contribution is 5.21. The Balaban J connectivity index is 2.13. The van der Waals surface area contributed by atoms with Gasteiger partial charge in [-0.15, -0.1) is 0 Å². The third kappa shape index (κ3) is 3.18. The van der Waals surface area contributed by atoms with E-state index in [0.29, 0.717) is 11.1 Å². The fourth-order valence-corrected chi connectivity index (χ4v) is 2.06. The average Bonchev–Trinajstić information content (AvgIpc) is 2.39. The van der Waals surface area contributed by atoms with E-state index in [4.69, 9.17) is 4.74 Å². The fourth-order valence-electron chi connectivity index (χ4n) is 2.06. The number of ether oxygens (including phenoxy) is 1. The van der Waals surface area contributed by atoms with Crippen molar-refractivity contribution in [2.24, 2.45) is 0 Å². The molecule has 0 N–H and O–H groups in total. The van der Waals surface area contributed by atoms with Crippen LogP contribution in [0.3, 0.4) is 0 Å². The van der Waals surface area contributed by atoms with Crippen LogP contribution in [0.1, 0.15) is 37.2 Å². The van der Waals surface area contributed by atoms with Gasteiger partial charge in [0, 0.05) is 11.1 Å². The maximum absolute atomic E-state index is 13.6. The van der Waals surface area contributed by atoms with Crippen LogP contribution in [0.5, 0.6) is 0 Å². The van der Waals surface area contributed by atoms with Gasteiger partial charge in [0.2, 0.25) is 0 Å². The van der Waals surface area contributed by atoms with Crippen molar-refractivity contribution in [3.8, 4) is 0 Å². The fraction of sp³-hybridized carbons (Fsp3) is 0.250. The van der Waals surface area contributed by atoms with Gasteiger partial charge in [0.1, 0.15) is 11.6 Å². The molecule has 0 saturated carbocycles. The Morgan fingerprint density at radius 3 is 1.47 bits per heavy atom. The quantitative estimate of drug-likeness (QED) is 0.768. The lowest BCUT2D eigenvalue weighted by molar-refractivity contribution is 0.00230. The molecule has 0 aliphatic heterocycles. The summed E-state index contributed by atoms with van der Waals surface area (Å²) in [6.45, 7) is 3.52. The van der Waals surface area contributed by atoms with Gasteiger partial charge in [0.15, 0.2) is 0 Å². The van der Waals surface area contributed by atoms with Gasteiger partial charge in [-0.05, 0) is 26.0 Å². The molecule has 2 aromatic carbocycles. The van der Waals surface area contributed by atoms with Gasteiger partial charge >= 0.3 is 0 Å². The van der Waals surface area contributed by atoms with E-state index in [9.17, 15) is 8.78 Å². The van der Waals surface area contributed by atoms with Crippen LogP contribution < -0.4 is 0 Å². The van der Waals surface area contributed by atoms with Crippen LogP contribution in [0.25, 0.3) is 0 Å². The first-order valence-electron chi connectivity index (χ1n) is 6.24. The van der Waals surface area contributed by atoms with Crippen molar-refractivity contribution in [1.82, 2.24) is 0 Å². The van der Waals surface area contributed by atoms with Crippen LogP contribution in [-0.2, 0) is 4.74 Å². The molecule has 0 saturated heterocycles. The largest absolute Gasteiger partial charge is 0.366 e. The molecule has 0 bridgehead atoms. The number of rotatable bonds is 4. The van der Waals surface area contributed by atoms with Crippen molar-refractivity contribution < 1.29 is 13.5 Å². The van der Waals surface area contributed by atoms with Gasteiger partial charge in [0.05, 0.1) is 12.2 Å². The molecule has 2 atom stereocenters. The summed E-state index contributed by atoms with van der Waals surface area (Å²) in [5, 5.41) is 0. The van der Waals surface area contributed by atoms with Crippen LogP contribution in [0.4, 0.5) is 8.78 Å². The number of hydrogen-bond donors (Lipinski definition) is 0. The molecule has 2 rings (SSSR count). The molecule has 19 heavy (non-hydrogen) atoms. The number of halogens is 2. The van der Waals surface area contributed by atoms with Crippen molar-refractivity contribution >= 4 is 0 Å². The third-order valence-corrected chi connectivity index (χ3v) is 3.09. The van der Waals surface area contributed by atoms with Crippen molar-refractivity contribution in [2.45, 2.75) is 26.1 Å². The normalized spacial score (nSPS) is 14.1. The van der Waals surface area contributed by atoms with E-state index in [1.54, 1.807) is 50.2 Å². The highest BCUT2D eigenvalue weighted by Crippen LogP contribution is 2.28. The Hall–Kier alpha value is -1.74. The van der Waals surface area contributed by atoms with Crippen LogP contribution in [0.15, 0.2) is 48.5 Å². The maximum atomic E-state index is 13.6. The van der Waals surface area contributed by atoms with Gasteiger partial charge in [-0.25, -0.2) is 8.78 Å². The Labute approximate surface area is 111 Å². The second-order valence-electron chi connectivity index (χ2n) is 4.46. The number of hydrogen-bond acceptors (Lipinski definition) is 1.